The Morgan fingerprint density at radius 1 is 0.220 bits per heavy atom. The zero-order valence-electron chi connectivity index (χ0n) is 32.1. The summed E-state index contributed by atoms with van der Waals surface area (Å²) < 4.78 is 0. The van der Waals surface area contributed by atoms with Crippen molar-refractivity contribution < 1.29 is 0 Å². The van der Waals surface area contributed by atoms with Crippen molar-refractivity contribution in [2.75, 3.05) is 0 Å². The van der Waals surface area contributed by atoms with Gasteiger partial charge in [-0.2, -0.15) is 0 Å². The predicted octanol–water partition coefficient (Wildman–Crippen LogP) is 15.7. The molecule has 0 amide bonds. The second-order valence-corrected chi connectivity index (χ2v) is 16.6. The Balaban J connectivity index is 0.996. The SMILES string of the molecule is c1ccc2c(c1)-c1ccccc1C21c2ccccc2-c2ccc(-c3ccc4ccc5c(-c6ccc7c8ccccc8c8ccccc8c7c6)ccc6ccc3c4c65)cc21. The van der Waals surface area contributed by atoms with E-state index in [2.05, 4.69) is 206 Å². The van der Waals surface area contributed by atoms with Crippen LogP contribution in [-0.2, 0) is 5.41 Å². The van der Waals surface area contributed by atoms with Gasteiger partial charge < -0.3 is 0 Å². The van der Waals surface area contributed by atoms with E-state index < -0.39 is 0 Å². The van der Waals surface area contributed by atoms with Crippen molar-refractivity contribution in [1.82, 2.24) is 0 Å². The first kappa shape index (κ1) is 31.5. The molecule has 59 heavy (non-hydrogen) atoms. The lowest BCUT2D eigenvalue weighted by Crippen LogP contribution is -2.25. The normalized spacial score (nSPS) is 13.6. The van der Waals surface area contributed by atoms with E-state index in [1.54, 1.807) is 0 Å². The largest absolute Gasteiger partial charge is 0.0725 e. The zero-order valence-corrected chi connectivity index (χ0v) is 32.1. The van der Waals surface area contributed by atoms with Crippen LogP contribution in [0.1, 0.15) is 22.3 Å². The minimum absolute atomic E-state index is 0.370. The highest BCUT2D eigenvalue weighted by atomic mass is 14.5. The lowest BCUT2D eigenvalue weighted by atomic mass is 9.70. The molecule has 2 aliphatic rings. The molecule has 0 atom stereocenters. The van der Waals surface area contributed by atoms with E-state index in [4.69, 9.17) is 0 Å². The molecule has 270 valence electrons. The minimum atomic E-state index is -0.370. The van der Waals surface area contributed by atoms with Gasteiger partial charge in [0, 0.05) is 0 Å². The second kappa shape index (κ2) is 11.3. The summed E-state index contributed by atoms with van der Waals surface area (Å²) in [5.74, 6) is 0. The van der Waals surface area contributed by atoms with Crippen LogP contribution in [0.15, 0.2) is 206 Å². The van der Waals surface area contributed by atoms with Crippen LogP contribution in [0.2, 0.25) is 0 Å². The summed E-state index contributed by atoms with van der Waals surface area (Å²) in [6.45, 7) is 0. The fourth-order valence-corrected chi connectivity index (χ4v) is 11.6. The summed E-state index contributed by atoms with van der Waals surface area (Å²) in [6, 6.07) is 78.1. The van der Waals surface area contributed by atoms with Gasteiger partial charge in [-0.05, 0) is 144 Å². The van der Waals surface area contributed by atoms with E-state index in [0.29, 0.717) is 0 Å². The van der Waals surface area contributed by atoms with Crippen LogP contribution in [0.3, 0.4) is 0 Å². The number of hydrogen-bond donors (Lipinski definition) is 0. The highest BCUT2D eigenvalue weighted by Crippen LogP contribution is 2.63. The Morgan fingerprint density at radius 2 is 0.576 bits per heavy atom. The van der Waals surface area contributed by atoms with Crippen molar-refractivity contribution in [1.29, 1.82) is 0 Å². The van der Waals surface area contributed by atoms with Crippen molar-refractivity contribution in [3.8, 4) is 44.5 Å². The maximum Gasteiger partial charge on any atom is 0.0725 e. The number of rotatable bonds is 2. The van der Waals surface area contributed by atoms with E-state index in [0.717, 1.165) is 0 Å². The second-order valence-electron chi connectivity index (χ2n) is 16.6. The van der Waals surface area contributed by atoms with Gasteiger partial charge in [-0.25, -0.2) is 0 Å². The van der Waals surface area contributed by atoms with Crippen molar-refractivity contribution >= 4 is 64.6 Å². The molecule has 12 aromatic carbocycles. The lowest BCUT2D eigenvalue weighted by molar-refractivity contribution is 0.794. The number of benzene rings is 12. The third-order valence-corrected chi connectivity index (χ3v) is 14.0. The molecular formula is C59H34. The van der Waals surface area contributed by atoms with Crippen molar-refractivity contribution in [3.63, 3.8) is 0 Å². The Bertz CT molecular complexity index is 3690. The molecule has 14 rings (SSSR count). The Labute approximate surface area is 341 Å². The van der Waals surface area contributed by atoms with Crippen molar-refractivity contribution in [2.24, 2.45) is 0 Å². The van der Waals surface area contributed by atoms with E-state index in [1.165, 1.54) is 131 Å². The quantitative estimate of drug-likeness (QED) is 0.155. The average Bonchev–Trinajstić information content (AvgIpc) is 3.78. The molecule has 12 aromatic rings. The molecule has 0 unspecified atom stereocenters. The van der Waals surface area contributed by atoms with Gasteiger partial charge in [-0.3, -0.25) is 0 Å². The van der Waals surface area contributed by atoms with Crippen LogP contribution in [-0.4, -0.2) is 0 Å². The number of fused-ring (bicyclic) bond motifs is 16. The molecule has 0 fully saturated rings. The van der Waals surface area contributed by atoms with Crippen LogP contribution >= 0.6 is 0 Å². The smallest absolute Gasteiger partial charge is 0.0619 e. The fraction of sp³-hybridized carbons (Fsp3) is 0.0169. The lowest BCUT2D eigenvalue weighted by Gasteiger charge is -2.30. The van der Waals surface area contributed by atoms with Crippen LogP contribution in [0.25, 0.3) is 109 Å². The number of hydrogen-bond acceptors (Lipinski definition) is 0. The van der Waals surface area contributed by atoms with E-state index >= 15 is 0 Å². The molecule has 0 heterocycles. The van der Waals surface area contributed by atoms with Gasteiger partial charge in [0.1, 0.15) is 0 Å². The summed E-state index contributed by atoms with van der Waals surface area (Å²) in [4.78, 5) is 0. The van der Waals surface area contributed by atoms with E-state index in [9.17, 15) is 0 Å². The van der Waals surface area contributed by atoms with Crippen molar-refractivity contribution in [3.05, 3.63) is 229 Å². The molecule has 2 aliphatic carbocycles. The fourth-order valence-electron chi connectivity index (χ4n) is 11.6. The third-order valence-electron chi connectivity index (χ3n) is 14.0. The standard InChI is InChI=1S/C59H34/c1-2-13-43-41(11-1)42-12-3-4-14-44(42)52-33-37(25-29-45(43)52)39-27-21-35-24-32-51-40(28-22-36-23-31-50(39)57(35)58(36)51)38-26-30-49-48-17-7-10-20-55(48)59(56(49)34-38)53-18-8-5-15-46(53)47-16-6-9-19-54(47)59/h1-34H. The van der Waals surface area contributed by atoms with Crippen LogP contribution < -0.4 is 0 Å². The monoisotopic (exact) mass is 742 g/mol. The molecule has 0 aliphatic heterocycles. The van der Waals surface area contributed by atoms with Crippen molar-refractivity contribution in [2.45, 2.75) is 5.41 Å². The van der Waals surface area contributed by atoms with E-state index in [-0.39, 0.29) is 5.41 Å². The first-order chi connectivity index (χ1) is 29.3. The first-order valence-electron chi connectivity index (χ1n) is 20.8. The van der Waals surface area contributed by atoms with Gasteiger partial charge in [0.05, 0.1) is 5.41 Å². The Hall–Kier alpha value is -7.54. The maximum absolute atomic E-state index is 2.52. The van der Waals surface area contributed by atoms with Gasteiger partial charge in [0.25, 0.3) is 0 Å². The van der Waals surface area contributed by atoms with Crippen LogP contribution in [0, 0.1) is 0 Å². The molecule has 0 nitrogen and oxygen atoms in total. The summed E-state index contributed by atoms with van der Waals surface area (Å²) in [7, 11) is 0. The molecule has 0 bridgehead atoms. The summed E-state index contributed by atoms with van der Waals surface area (Å²) in [6.07, 6.45) is 0. The minimum Gasteiger partial charge on any atom is -0.0619 e. The molecule has 0 radical (unpaired) electrons. The molecule has 0 aromatic heterocycles. The first-order valence-corrected chi connectivity index (χ1v) is 20.8. The highest BCUT2D eigenvalue weighted by molar-refractivity contribution is 6.29. The van der Waals surface area contributed by atoms with Crippen LogP contribution in [0.5, 0.6) is 0 Å². The molecule has 0 saturated carbocycles. The summed E-state index contributed by atoms with van der Waals surface area (Å²) >= 11 is 0. The van der Waals surface area contributed by atoms with E-state index in [1.807, 2.05) is 0 Å². The molecule has 1 spiro atoms. The van der Waals surface area contributed by atoms with Gasteiger partial charge in [0.2, 0.25) is 0 Å². The van der Waals surface area contributed by atoms with Gasteiger partial charge in [-0.15, -0.1) is 0 Å². The van der Waals surface area contributed by atoms with Crippen LogP contribution in [0.4, 0.5) is 0 Å². The summed E-state index contributed by atoms with van der Waals surface area (Å²) in [5.41, 5.74) is 15.5. The van der Waals surface area contributed by atoms with Gasteiger partial charge in [-0.1, -0.05) is 194 Å². The summed E-state index contributed by atoms with van der Waals surface area (Å²) in [5, 5.41) is 15.6. The maximum atomic E-state index is 2.52. The average molecular weight is 743 g/mol. The predicted molar refractivity (Wildman–Crippen MR) is 250 cm³/mol. The van der Waals surface area contributed by atoms with Gasteiger partial charge in [0.15, 0.2) is 0 Å². The highest BCUT2D eigenvalue weighted by Gasteiger charge is 2.51. The molecular weight excluding hydrogens is 709 g/mol. The molecule has 0 N–H and O–H groups in total. The Morgan fingerprint density at radius 3 is 1.10 bits per heavy atom. The zero-order chi connectivity index (χ0) is 38.4. The Kier molecular flexibility index (Phi) is 6.05. The topological polar surface area (TPSA) is 0 Å². The molecule has 0 heteroatoms. The van der Waals surface area contributed by atoms with Gasteiger partial charge >= 0.3 is 0 Å². The molecule has 0 saturated heterocycles. The third kappa shape index (κ3) is 3.94.